The molecule has 0 aromatic heterocycles. The van der Waals surface area contributed by atoms with Crippen LogP contribution >= 0.6 is 0 Å². The normalized spacial score (nSPS) is 44.8. The van der Waals surface area contributed by atoms with Crippen molar-refractivity contribution in [3.05, 3.63) is 0 Å². The lowest BCUT2D eigenvalue weighted by Gasteiger charge is -2.48. The lowest BCUT2D eigenvalue weighted by molar-refractivity contribution is -0.120. The quantitative estimate of drug-likeness (QED) is 0.526. The van der Waals surface area contributed by atoms with Gasteiger partial charge in [-0.25, -0.2) is 0 Å². The number of hydrogen-bond donors (Lipinski definition) is 3. The van der Waals surface area contributed by atoms with Gasteiger partial charge in [-0.1, -0.05) is 6.42 Å². The molecule has 2 fully saturated rings. The molecule has 2 aliphatic rings. The summed E-state index contributed by atoms with van der Waals surface area (Å²) in [5.41, 5.74) is 0. The third-order valence-electron chi connectivity index (χ3n) is 3.59. The first-order chi connectivity index (χ1) is 6.74. The number of aliphatic hydroxyl groups excluding tert-OH is 3. The Morgan fingerprint density at radius 2 is 2.00 bits per heavy atom. The van der Waals surface area contributed by atoms with Crippen molar-refractivity contribution < 1.29 is 15.3 Å². The van der Waals surface area contributed by atoms with Crippen molar-refractivity contribution in [3.8, 4) is 0 Å². The summed E-state index contributed by atoms with van der Waals surface area (Å²) in [4.78, 5) is 2.17. The molecule has 0 unspecified atom stereocenters. The summed E-state index contributed by atoms with van der Waals surface area (Å²) >= 11 is 0. The molecule has 0 aliphatic carbocycles. The van der Waals surface area contributed by atoms with E-state index in [2.05, 4.69) is 4.90 Å². The molecular weight excluding hydrogens is 182 g/mol. The molecule has 0 bridgehead atoms. The molecule has 4 atom stereocenters. The molecule has 0 radical (unpaired) electrons. The Bertz CT molecular complexity index is 200. The molecule has 0 aromatic rings. The summed E-state index contributed by atoms with van der Waals surface area (Å²) in [5.74, 6) is 0. The molecule has 3 N–H and O–H groups in total. The summed E-state index contributed by atoms with van der Waals surface area (Å²) in [5, 5.41) is 28.6. The van der Waals surface area contributed by atoms with Crippen LogP contribution in [0.1, 0.15) is 25.7 Å². The fourth-order valence-electron chi connectivity index (χ4n) is 2.80. The maximum absolute atomic E-state index is 9.72. The molecule has 0 spiro atoms. The number of piperidine rings is 2. The third kappa shape index (κ3) is 1.67. The maximum atomic E-state index is 9.72. The highest BCUT2D eigenvalue weighted by Crippen LogP contribution is 2.30. The topological polar surface area (TPSA) is 63.9 Å². The molecule has 14 heavy (non-hydrogen) atoms. The first-order valence-corrected chi connectivity index (χ1v) is 5.46. The monoisotopic (exact) mass is 201 g/mol. The minimum absolute atomic E-state index is 0.0608. The Balaban J connectivity index is 2.10. The van der Waals surface area contributed by atoms with Crippen LogP contribution in [0, 0.1) is 0 Å². The molecular formula is C10H19NO3. The Labute approximate surface area is 84.2 Å². The fraction of sp³-hybridized carbons (Fsp3) is 1.00. The molecule has 2 aliphatic heterocycles. The molecule has 2 heterocycles. The van der Waals surface area contributed by atoms with Crippen LogP contribution in [0.25, 0.3) is 0 Å². The lowest BCUT2D eigenvalue weighted by Crippen LogP contribution is -2.61. The van der Waals surface area contributed by atoms with E-state index >= 15 is 0 Å². The van der Waals surface area contributed by atoms with Gasteiger partial charge >= 0.3 is 0 Å². The summed E-state index contributed by atoms with van der Waals surface area (Å²) in [6, 6.07) is 0.100. The number of hydrogen-bond acceptors (Lipinski definition) is 4. The van der Waals surface area contributed by atoms with Gasteiger partial charge in [0, 0.05) is 6.04 Å². The first kappa shape index (κ1) is 10.4. The summed E-state index contributed by atoms with van der Waals surface area (Å²) in [7, 11) is 0. The predicted molar refractivity (Wildman–Crippen MR) is 51.8 cm³/mol. The van der Waals surface area contributed by atoms with Crippen LogP contribution in [-0.4, -0.2) is 57.7 Å². The molecule has 2 rings (SSSR count). The smallest absolute Gasteiger partial charge is 0.0976 e. The molecule has 2 saturated heterocycles. The van der Waals surface area contributed by atoms with Crippen LogP contribution in [0.15, 0.2) is 0 Å². The third-order valence-corrected chi connectivity index (χ3v) is 3.59. The summed E-state index contributed by atoms with van der Waals surface area (Å²) in [6.45, 7) is 0.883. The van der Waals surface area contributed by atoms with E-state index in [1.54, 1.807) is 0 Å². The first-order valence-electron chi connectivity index (χ1n) is 5.46. The zero-order valence-corrected chi connectivity index (χ0v) is 8.34. The molecule has 4 heteroatoms. The van der Waals surface area contributed by atoms with Crippen molar-refractivity contribution in [2.75, 3.05) is 13.2 Å². The second-order valence-corrected chi connectivity index (χ2v) is 4.43. The average molecular weight is 201 g/mol. The summed E-state index contributed by atoms with van der Waals surface area (Å²) < 4.78 is 0. The van der Waals surface area contributed by atoms with Crippen molar-refractivity contribution in [2.45, 2.75) is 50.0 Å². The van der Waals surface area contributed by atoms with Crippen LogP contribution in [0.3, 0.4) is 0 Å². The van der Waals surface area contributed by atoms with Crippen LogP contribution < -0.4 is 0 Å². The van der Waals surface area contributed by atoms with Gasteiger partial charge in [0.2, 0.25) is 0 Å². The van der Waals surface area contributed by atoms with Gasteiger partial charge in [0.25, 0.3) is 0 Å². The van der Waals surface area contributed by atoms with E-state index in [1.807, 2.05) is 0 Å². The fourth-order valence-corrected chi connectivity index (χ4v) is 2.80. The van der Waals surface area contributed by atoms with Gasteiger partial charge in [-0.15, -0.1) is 0 Å². The van der Waals surface area contributed by atoms with Gasteiger partial charge in [0.15, 0.2) is 0 Å². The van der Waals surface area contributed by atoms with Gasteiger partial charge in [-0.3, -0.25) is 4.90 Å². The van der Waals surface area contributed by atoms with Crippen LogP contribution in [0.2, 0.25) is 0 Å². The molecule has 0 aromatic carbocycles. The second kappa shape index (κ2) is 4.14. The number of fused-ring (bicyclic) bond motifs is 1. The lowest BCUT2D eigenvalue weighted by atomic mass is 9.85. The van der Waals surface area contributed by atoms with Crippen molar-refractivity contribution in [2.24, 2.45) is 0 Å². The van der Waals surface area contributed by atoms with E-state index in [0.717, 1.165) is 19.4 Å². The summed E-state index contributed by atoms with van der Waals surface area (Å²) in [6.07, 6.45) is 2.62. The van der Waals surface area contributed by atoms with Crippen LogP contribution in [-0.2, 0) is 0 Å². The van der Waals surface area contributed by atoms with E-state index in [1.165, 1.54) is 6.42 Å². The van der Waals surface area contributed by atoms with Crippen molar-refractivity contribution in [1.29, 1.82) is 0 Å². The van der Waals surface area contributed by atoms with Crippen LogP contribution in [0.5, 0.6) is 0 Å². The van der Waals surface area contributed by atoms with E-state index in [4.69, 9.17) is 0 Å². The molecule has 82 valence electrons. The van der Waals surface area contributed by atoms with Gasteiger partial charge in [-0.2, -0.15) is 0 Å². The van der Waals surface area contributed by atoms with Crippen LogP contribution in [0.4, 0.5) is 0 Å². The Kier molecular flexibility index (Phi) is 3.07. The SMILES string of the molecule is OC[C@H]1[C@H](O)[C@@H](O)C[C@@H]2CCCCN21. The zero-order valence-electron chi connectivity index (χ0n) is 8.34. The van der Waals surface area contributed by atoms with E-state index in [0.29, 0.717) is 12.5 Å². The number of aliphatic hydroxyl groups is 3. The largest absolute Gasteiger partial charge is 0.395 e. The highest BCUT2D eigenvalue weighted by Gasteiger charge is 2.41. The highest BCUT2D eigenvalue weighted by molar-refractivity contribution is 4.96. The highest BCUT2D eigenvalue weighted by atomic mass is 16.3. The molecule has 0 saturated carbocycles. The van der Waals surface area contributed by atoms with Crippen molar-refractivity contribution in [1.82, 2.24) is 4.90 Å². The maximum Gasteiger partial charge on any atom is 0.0976 e. The van der Waals surface area contributed by atoms with Gasteiger partial charge in [0.05, 0.1) is 24.9 Å². The minimum atomic E-state index is -0.783. The number of rotatable bonds is 1. The molecule has 4 nitrogen and oxygen atoms in total. The zero-order chi connectivity index (χ0) is 10.1. The van der Waals surface area contributed by atoms with Gasteiger partial charge in [0.1, 0.15) is 0 Å². The van der Waals surface area contributed by atoms with Gasteiger partial charge in [-0.05, 0) is 25.8 Å². The van der Waals surface area contributed by atoms with E-state index < -0.39 is 12.2 Å². The van der Waals surface area contributed by atoms with Crippen molar-refractivity contribution in [3.63, 3.8) is 0 Å². The Hall–Kier alpha value is -0.160. The number of nitrogens with zero attached hydrogens (tertiary/aromatic N) is 1. The van der Waals surface area contributed by atoms with E-state index in [9.17, 15) is 15.3 Å². The standard InChI is InChI=1S/C10H19NO3/c12-6-8-10(14)9(13)5-7-3-1-2-4-11(7)8/h7-10,12-14H,1-6H2/t7-,8-,9-,10-/m0/s1. The second-order valence-electron chi connectivity index (χ2n) is 4.43. The van der Waals surface area contributed by atoms with Crippen molar-refractivity contribution >= 4 is 0 Å². The average Bonchev–Trinajstić information content (AvgIpc) is 2.20. The Morgan fingerprint density at radius 3 is 2.71 bits per heavy atom. The van der Waals surface area contributed by atoms with Gasteiger partial charge < -0.3 is 15.3 Å². The molecule has 0 amide bonds. The predicted octanol–water partition coefficient (Wildman–Crippen LogP) is -0.673. The Morgan fingerprint density at radius 1 is 1.21 bits per heavy atom. The van der Waals surface area contributed by atoms with E-state index in [-0.39, 0.29) is 12.6 Å². The minimum Gasteiger partial charge on any atom is -0.395 e.